The fourth-order valence-electron chi connectivity index (χ4n) is 1.68. The molecule has 9 heteroatoms. The van der Waals surface area contributed by atoms with Gasteiger partial charge in [-0.3, -0.25) is 5.10 Å². The molecule has 0 aliphatic rings. The van der Waals surface area contributed by atoms with Crippen molar-refractivity contribution in [1.29, 1.82) is 0 Å². The molecule has 0 radical (unpaired) electrons. The van der Waals surface area contributed by atoms with Crippen LogP contribution in [0.3, 0.4) is 0 Å². The molecule has 0 bridgehead atoms. The van der Waals surface area contributed by atoms with Gasteiger partial charge in [0, 0.05) is 11.3 Å². The zero-order valence-electron chi connectivity index (χ0n) is 12.3. The number of methoxy groups -OCH3 is 1. The number of ether oxygens (including phenoxy) is 1. The number of H-pyrrole nitrogens is 1. The Labute approximate surface area is 132 Å². The van der Waals surface area contributed by atoms with Crippen molar-refractivity contribution in [1.82, 2.24) is 15.2 Å². The lowest BCUT2D eigenvalue weighted by molar-refractivity contribution is 0.411. The number of aromatic nitrogens is 3. The van der Waals surface area contributed by atoms with Gasteiger partial charge in [0.2, 0.25) is 11.1 Å². The molecule has 0 spiro atoms. The molecule has 1 heterocycles. The number of aryl methyl sites for hydroxylation is 1. The molecule has 116 valence electrons. The molecule has 0 amide bonds. The largest absolute Gasteiger partial charge is 0.496 e. The molecule has 0 saturated heterocycles. The summed E-state index contributed by atoms with van der Waals surface area (Å²) in [7, 11) is 1.63. The lowest BCUT2D eigenvalue weighted by Gasteiger charge is -2.08. The van der Waals surface area contributed by atoms with Crippen LogP contribution in [-0.2, 0) is 5.75 Å². The van der Waals surface area contributed by atoms with Crippen molar-refractivity contribution < 1.29 is 4.74 Å². The van der Waals surface area contributed by atoms with Crippen LogP contribution in [-0.4, -0.2) is 34.5 Å². The normalized spacial score (nSPS) is 10.8. The lowest BCUT2D eigenvalue weighted by atomic mass is 10.1. The Bertz CT molecular complexity index is 691. The molecular formula is C13H17N7OS. The molecule has 0 atom stereocenters. The highest BCUT2D eigenvalue weighted by Crippen LogP contribution is 2.26. The molecule has 2 rings (SSSR count). The van der Waals surface area contributed by atoms with Gasteiger partial charge < -0.3 is 16.2 Å². The summed E-state index contributed by atoms with van der Waals surface area (Å²) in [4.78, 5) is 4.26. The van der Waals surface area contributed by atoms with E-state index in [4.69, 9.17) is 16.2 Å². The van der Waals surface area contributed by atoms with Gasteiger partial charge in [-0.25, -0.2) is 4.98 Å². The first kappa shape index (κ1) is 15.8. The highest BCUT2D eigenvalue weighted by molar-refractivity contribution is 7.98. The predicted octanol–water partition coefficient (Wildman–Crippen LogP) is 1.02. The van der Waals surface area contributed by atoms with E-state index in [-0.39, 0.29) is 5.96 Å². The van der Waals surface area contributed by atoms with E-state index in [2.05, 4.69) is 25.4 Å². The van der Waals surface area contributed by atoms with E-state index < -0.39 is 0 Å². The summed E-state index contributed by atoms with van der Waals surface area (Å²) in [5.41, 5.74) is 12.3. The van der Waals surface area contributed by atoms with Crippen LogP contribution in [0.15, 0.2) is 33.6 Å². The monoisotopic (exact) mass is 319 g/mol. The first-order valence-electron chi connectivity index (χ1n) is 6.39. The number of hydrogen-bond donors (Lipinski definition) is 3. The second kappa shape index (κ2) is 7.46. The van der Waals surface area contributed by atoms with E-state index in [0.29, 0.717) is 10.9 Å². The highest BCUT2D eigenvalue weighted by atomic mass is 32.2. The molecule has 2 aromatic rings. The molecule has 0 saturated carbocycles. The van der Waals surface area contributed by atoms with E-state index in [1.54, 1.807) is 13.3 Å². The van der Waals surface area contributed by atoms with Crippen LogP contribution in [0.5, 0.6) is 5.75 Å². The minimum Gasteiger partial charge on any atom is -0.496 e. The Morgan fingerprint density at radius 2 is 2.27 bits per heavy atom. The quantitative estimate of drug-likeness (QED) is 0.316. The minimum absolute atomic E-state index is 0.0829. The van der Waals surface area contributed by atoms with Crippen LogP contribution in [0.4, 0.5) is 0 Å². The van der Waals surface area contributed by atoms with Crippen LogP contribution in [0.2, 0.25) is 0 Å². The SMILES string of the molecule is COc1ccc(C=NN=C(N)N)cc1CSc1n[nH]c(C)n1. The van der Waals surface area contributed by atoms with E-state index >= 15 is 0 Å². The number of rotatable bonds is 6. The molecule has 5 N–H and O–H groups in total. The summed E-state index contributed by atoms with van der Waals surface area (Å²) in [5, 5.41) is 15.0. The van der Waals surface area contributed by atoms with Gasteiger partial charge in [0.05, 0.1) is 13.3 Å². The third kappa shape index (κ3) is 4.48. The smallest absolute Gasteiger partial charge is 0.211 e. The maximum absolute atomic E-state index is 5.36. The van der Waals surface area contributed by atoms with Crippen molar-refractivity contribution in [3.8, 4) is 5.75 Å². The fraction of sp³-hybridized carbons (Fsp3) is 0.231. The van der Waals surface area contributed by atoms with Crippen LogP contribution in [0, 0.1) is 6.92 Å². The summed E-state index contributed by atoms with van der Waals surface area (Å²) in [6, 6.07) is 5.70. The molecular weight excluding hydrogens is 302 g/mol. The van der Waals surface area contributed by atoms with E-state index in [1.165, 1.54) is 11.8 Å². The number of benzene rings is 1. The number of nitrogens with two attached hydrogens (primary N) is 2. The Hall–Kier alpha value is -2.55. The van der Waals surface area contributed by atoms with E-state index in [1.807, 2.05) is 25.1 Å². The van der Waals surface area contributed by atoms with Crippen molar-refractivity contribution >= 4 is 23.9 Å². The van der Waals surface area contributed by atoms with Crippen LogP contribution in [0.25, 0.3) is 0 Å². The van der Waals surface area contributed by atoms with Gasteiger partial charge >= 0.3 is 0 Å². The predicted molar refractivity (Wildman–Crippen MR) is 87.1 cm³/mol. The maximum atomic E-state index is 5.36. The number of hydrogen-bond acceptors (Lipinski definition) is 6. The molecule has 1 aromatic carbocycles. The van der Waals surface area contributed by atoms with Gasteiger partial charge in [0.1, 0.15) is 11.6 Å². The van der Waals surface area contributed by atoms with Crippen molar-refractivity contribution in [2.75, 3.05) is 7.11 Å². The summed E-state index contributed by atoms with van der Waals surface area (Å²) in [6.45, 7) is 1.86. The average Bonchev–Trinajstić information content (AvgIpc) is 2.90. The summed E-state index contributed by atoms with van der Waals surface area (Å²) < 4.78 is 5.36. The lowest BCUT2D eigenvalue weighted by Crippen LogP contribution is -2.21. The number of thioether (sulfide) groups is 1. The average molecular weight is 319 g/mol. The maximum Gasteiger partial charge on any atom is 0.211 e. The number of guanidine groups is 1. The molecule has 22 heavy (non-hydrogen) atoms. The van der Waals surface area contributed by atoms with E-state index in [0.717, 1.165) is 22.7 Å². The van der Waals surface area contributed by atoms with Gasteiger partial charge in [-0.2, -0.15) is 5.10 Å². The molecule has 0 unspecified atom stereocenters. The third-order valence-corrected chi connectivity index (χ3v) is 3.51. The number of aromatic amines is 1. The van der Waals surface area contributed by atoms with Crippen molar-refractivity contribution in [2.24, 2.45) is 21.7 Å². The number of nitrogens with zero attached hydrogens (tertiary/aromatic N) is 4. The highest BCUT2D eigenvalue weighted by Gasteiger charge is 2.07. The second-order valence-electron chi connectivity index (χ2n) is 4.33. The molecule has 0 fully saturated rings. The third-order valence-electron chi connectivity index (χ3n) is 2.62. The fourth-order valence-corrected chi connectivity index (χ4v) is 2.50. The van der Waals surface area contributed by atoms with Gasteiger partial charge in [-0.1, -0.05) is 11.8 Å². The van der Waals surface area contributed by atoms with E-state index in [9.17, 15) is 0 Å². The Morgan fingerprint density at radius 1 is 1.45 bits per heavy atom. The summed E-state index contributed by atoms with van der Waals surface area (Å²) in [5.74, 6) is 2.16. The van der Waals surface area contributed by atoms with Gasteiger partial charge in [0.25, 0.3) is 0 Å². The molecule has 0 aliphatic carbocycles. The van der Waals surface area contributed by atoms with Gasteiger partial charge in [-0.15, -0.1) is 10.2 Å². The molecule has 0 aliphatic heterocycles. The Kier molecular flexibility index (Phi) is 5.37. The first-order valence-corrected chi connectivity index (χ1v) is 7.37. The minimum atomic E-state index is -0.0829. The standard InChI is InChI=1S/C13H17N7OS/c1-8-17-13(20-18-8)22-7-10-5-9(3-4-11(10)21-2)6-16-19-12(14)15/h3-6H,7H2,1-2H3,(H4,14,15,19)(H,17,18,20). The van der Waals surface area contributed by atoms with Crippen molar-refractivity contribution in [3.05, 3.63) is 35.2 Å². The second-order valence-corrected chi connectivity index (χ2v) is 5.28. The summed E-state index contributed by atoms with van der Waals surface area (Å²) in [6.07, 6.45) is 1.57. The van der Waals surface area contributed by atoms with Crippen molar-refractivity contribution in [2.45, 2.75) is 17.8 Å². The molecule has 8 nitrogen and oxygen atoms in total. The van der Waals surface area contributed by atoms with Crippen LogP contribution < -0.4 is 16.2 Å². The topological polar surface area (TPSA) is 128 Å². The van der Waals surface area contributed by atoms with Gasteiger partial charge in [0.15, 0.2) is 0 Å². The Balaban J connectivity index is 2.13. The van der Waals surface area contributed by atoms with Crippen LogP contribution >= 0.6 is 11.8 Å². The Morgan fingerprint density at radius 3 is 2.91 bits per heavy atom. The van der Waals surface area contributed by atoms with Crippen LogP contribution in [0.1, 0.15) is 17.0 Å². The zero-order chi connectivity index (χ0) is 15.9. The molecule has 1 aromatic heterocycles. The van der Waals surface area contributed by atoms with Crippen molar-refractivity contribution in [3.63, 3.8) is 0 Å². The number of nitrogens with one attached hydrogen (secondary N) is 1. The zero-order valence-corrected chi connectivity index (χ0v) is 13.1. The first-order chi connectivity index (χ1) is 10.6. The van der Waals surface area contributed by atoms with Gasteiger partial charge in [-0.05, 0) is 30.7 Å². The summed E-state index contributed by atoms with van der Waals surface area (Å²) >= 11 is 1.52.